The fourth-order valence-corrected chi connectivity index (χ4v) is 4.60. The van der Waals surface area contributed by atoms with Gasteiger partial charge in [-0.1, -0.05) is 0 Å². The number of hydrogen-bond donors (Lipinski definition) is 0. The number of aryl methyl sites for hydroxylation is 2. The van der Waals surface area contributed by atoms with Crippen molar-refractivity contribution in [1.82, 2.24) is 0 Å². The van der Waals surface area contributed by atoms with Crippen LogP contribution in [0.2, 0.25) is 0 Å². The molecule has 104 valence electrons. The molecule has 0 aromatic heterocycles. The Bertz CT molecular complexity index is 630. The van der Waals surface area contributed by atoms with Crippen molar-refractivity contribution >= 4 is 10.1 Å². The maximum absolute atomic E-state index is 4.85. The van der Waals surface area contributed by atoms with Crippen molar-refractivity contribution in [2.45, 2.75) is 33.1 Å². The zero-order chi connectivity index (χ0) is 14.6. The first-order valence-electron chi connectivity index (χ1n) is 6.82. The monoisotopic (exact) mass is 435 g/mol. The Morgan fingerprint density at radius 1 is 0.950 bits per heavy atom. The molecule has 0 aliphatic carbocycles. The molecular weight excluding hydrogens is 414 g/mol. The van der Waals surface area contributed by atoms with E-state index in [9.17, 15) is 0 Å². The van der Waals surface area contributed by atoms with Gasteiger partial charge in [-0.25, -0.2) is 0 Å². The summed E-state index contributed by atoms with van der Waals surface area (Å²) in [4.78, 5) is 0. The van der Waals surface area contributed by atoms with Crippen molar-refractivity contribution in [3.05, 3.63) is 65.2 Å². The van der Waals surface area contributed by atoms with E-state index in [4.69, 9.17) is 3.50 Å². The van der Waals surface area contributed by atoms with Crippen molar-refractivity contribution in [3.63, 3.8) is 0 Å². The third kappa shape index (κ3) is 4.15. The normalized spacial score (nSPS) is 11.0. The van der Waals surface area contributed by atoms with E-state index in [0.29, 0.717) is 0 Å². The van der Waals surface area contributed by atoms with Gasteiger partial charge >= 0.3 is 130 Å². The van der Waals surface area contributed by atoms with E-state index >= 15 is 0 Å². The molecule has 0 bridgehead atoms. The fourth-order valence-electron chi connectivity index (χ4n) is 2.16. The van der Waals surface area contributed by atoms with Crippen LogP contribution in [0.25, 0.3) is 0 Å². The minimum absolute atomic E-state index is 0.119. The average molecular weight is 435 g/mol. The van der Waals surface area contributed by atoms with Crippen LogP contribution >= 0.6 is 0 Å². The fraction of sp³-hybridized carbons (Fsp3) is 0.278. The van der Waals surface area contributed by atoms with E-state index in [1.54, 1.807) is 0 Å². The van der Waals surface area contributed by atoms with Gasteiger partial charge in [-0.15, -0.1) is 0 Å². The van der Waals surface area contributed by atoms with E-state index in [1.165, 1.54) is 16.7 Å². The third-order valence-corrected chi connectivity index (χ3v) is 6.86. The van der Waals surface area contributed by atoms with Crippen LogP contribution in [0.15, 0.2) is 52.0 Å². The van der Waals surface area contributed by atoms with Gasteiger partial charge in [0.1, 0.15) is 0 Å². The topological polar surface area (TPSA) is 12.4 Å². The van der Waals surface area contributed by atoms with E-state index in [2.05, 4.69) is 80.6 Å². The van der Waals surface area contributed by atoms with E-state index in [1.807, 2.05) is 0 Å². The van der Waals surface area contributed by atoms with Crippen LogP contribution in [-0.4, -0.2) is 4.40 Å². The van der Waals surface area contributed by atoms with Gasteiger partial charge in [-0.2, -0.15) is 0 Å². The summed E-state index contributed by atoms with van der Waals surface area (Å²) in [6, 6.07) is 17.2. The molecule has 0 unspecified atom stereocenters. The van der Waals surface area contributed by atoms with Crippen molar-refractivity contribution in [3.8, 4) is 0 Å². The number of rotatable bonds is 3. The molecule has 0 heterocycles. The van der Waals surface area contributed by atoms with E-state index in [0.717, 1.165) is 5.69 Å². The van der Waals surface area contributed by atoms with Crippen molar-refractivity contribution in [2.24, 2.45) is 3.50 Å². The molecule has 2 aromatic carbocycles. The van der Waals surface area contributed by atoms with Gasteiger partial charge in [0.15, 0.2) is 0 Å². The second kappa shape index (κ2) is 6.50. The molecule has 20 heavy (non-hydrogen) atoms. The molecule has 0 aliphatic rings. The molecule has 0 atom stereocenters. The molecule has 0 aliphatic heterocycles. The van der Waals surface area contributed by atoms with E-state index in [-0.39, 0.29) is 5.41 Å². The Kier molecular flexibility index (Phi) is 4.94. The summed E-state index contributed by atoms with van der Waals surface area (Å²) in [6.45, 7) is 8.82. The summed E-state index contributed by atoms with van der Waals surface area (Å²) in [5.41, 5.74) is 5.23. The van der Waals surface area contributed by atoms with Crippen LogP contribution in [0.5, 0.6) is 0 Å². The summed E-state index contributed by atoms with van der Waals surface area (Å²) in [6.07, 6.45) is 0. The Labute approximate surface area is 130 Å². The molecule has 2 aromatic rings. The molecule has 0 saturated carbocycles. The maximum atomic E-state index is 4.85. The first-order chi connectivity index (χ1) is 9.47. The Morgan fingerprint density at radius 2 is 1.55 bits per heavy atom. The van der Waals surface area contributed by atoms with Crippen LogP contribution in [-0.2, 0) is 23.3 Å². The number of nitrogens with zero attached hydrogens (tertiary/aromatic N) is 1. The summed E-state index contributed by atoms with van der Waals surface area (Å²) >= 11 is -0.828. The molecule has 1 nitrogen and oxygen atoms in total. The minimum atomic E-state index is -0.828. The second-order valence-corrected chi connectivity index (χ2v) is 8.01. The first kappa shape index (κ1) is 15.2. The van der Waals surface area contributed by atoms with Gasteiger partial charge in [0.2, 0.25) is 0 Å². The Hall–Kier alpha value is -1.20. The Morgan fingerprint density at radius 3 is 2.15 bits per heavy atom. The van der Waals surface area contributed by atoms with Crippen LogP contribution < -0.4 is 0 Å². The summed E-state index contributed by atoms with van der Waals surface area (Å²) in [5.74, 6) is 0. The molecule has 0 spiro atoms. The van der Waals surface area contributed by atoms with Crippen LogP contribution in [0.4, 0.5) is 5.69 Å². The zero-order valence-electron chi connectivity index (χ0n) is 12.6. The third-order valence-electron chi connectivity index (χ3n) is 3.23. The molecule has 0 amide bonds. The SMILES string of the molecule is Cc1cc(C)cc([N]=[W]=[CH]C(C)(C)c2ccccc2)c1. The average Bonchev–Trinajstić information content (AvgIpc) is 2.38. The van der Waals surface area contributed by atoms with Crippen LogP contribution in [0.3, 0.4) is 0 Å². The Balaban J connectivity index is 2.26. The van der Waals surface area contributed by atoms with E-state index < -0.39 is 17.9 Å². The standard InChI is InChI=1S/C10H12.C8H9N.W/c1-10(2,3)9-7-5-4-6-8-9;1-6-3-7(2)5-8(9)4-6;/h1,4-8H,2-3H3;3-5H,1-2H3;. The van der Waals surface area contributed by atoms with Crippen molar-refractivity contribution in [2.75, 3.05) is 0 Å². The summed E-state index contributed by atoms with van der Waals surface area (Å²) in [5, 5.41) is 0. The molecule has 2 rings (SSSR count). The van der Waals surface area contributed by atoms with Gasteiger partial charge in [-0.05, 0) is 0 Å². The van der Waals surface area contributed by atoms with Crippen molar-refractivity contribution < 1.29 is 17.9 Å². The van der Waals surface area contributed by atoms with Crippen LogP contribution in [0.1, 0.15) is 30.5 Å². The van der Waals surface area contributed by atoms with Gasteiger partial charge in [0, 0.05) is 0 Å². The quantitative estimate of drug-likeness (QED) is 0.645. The predicted molar refractivity (Wildman–Crippen MR) is 83.5 cm³/mol. The number of benzene rings is 2. The predicted octanol–water partition coefficient (Wildman–Crippen LogP) is 4.98. The molecular formula is C18H21NW. The van der Waals surface area contributed by atoms with Gasteiger partial charge in [0.05, 0.1) is 0 Å². The second-order valence-electron chi connectivity index (χ2n) is 5.75. The molecule has 0 radical (unpaired) electrons. The van der Waals surface area contributed by atoms with Crippen LogP contribution in [0, 0.1) is 13.8 Å². The summed E-state index contributed by atoms with van der Waals surface area (Å²) in [7, 11) is 0. The molecule has 0 saturated heterocycles. The number of hydrogen-bond acceptors (Lipinski definition) is 1. The van der Waals surface area contributed by atoms with Crippen molar-refractivity contribution in [1.29, 1.82) is 0 Å². The molecule has 0 fully saturated rings. The first-order valence-corrected chi connectivity index (χ1v) is 9.83. The molecule has 0 N–H and O–H groups in total. The molecule has 2 heteroatoms. The zero-order valence-corrected chi connectivity index (χ0v) is 15.5. The van der Waals surface area contributed by atoms with Gasteiger partial charge < -0.3 is 0 Å². The van der Waals surface area contributed by atoms with Gasteiger partial charge in [0.25, 0.3) is 0 Å². The van der Waals surface area contributed by atoms with Gasteiger partial charge in [-0.3, -0.25) is 0 Å². The summed E-state index contributed by atoms with van der Waals surface area (Å²) < 4.78 is 7.29.